The first-order valence-electron chi connectivity index (χ1n) is 15.0. The molecule has 0 saturated carbocycles. The van der Waals surface area contributed by atoms with Gasteiger partial charge in [-0.2, -0.15) is 0 Å². The van der Waals surface area contributed by atoms with E-state index in [2.05, 4.69) is 0 Å². The van der Waals surface area contributed by atoms with Crippen molar-refractivity contribution in [1.29, 1.82) is 0 Å². The van der Waals surface area contributed by atoms with E-state index < -0.39 is 24.1 Å². The first kappa shape index (κ1) is 33.4. The molecule has 1 aliphatic rings. The fourth-order valence-electron chi connectivity index (χ4n) is 5.31. The second-order valence-electron chi connectivity index (χ2n) is 10.6. The van der Waals surface area contributed by atoms with Crippen molar-refractivity contribution in [2.75, 3.05) is 13.7 Å². The number of hydrogen-bond acceptors (Lipinski definition) is 6. The van der Waals surface area contributed by atoms with Gasteiger partial charge in [-0.1, -0.05) is 104 Å². The van der Waals surface area contributed by atoms with E-state index in [0.29, 0.717) is 42.9 Å². The molecule has 0 aliphatic carbocycles. The van der Waals surface area contributed by atoms with Crippen LogP contribution in [0.1, 0.15) is 54.5 Å². The first-order chi connectivity index (χ1) is 21.5. The van der Waals surface area contributed by atoms with Crippen LogP contribution in [0, 0.1) is 0 Å². The molecule has 0 radical (unpaired) electrons. The number of methoxy groups -OCH3 is 1. The van der Waals surface area contributed by atoms with Crippen LogP contribution in [0.3, 0.4) is 0 Å². The summed E-state index contributed by atoms with van der Waals surface area (Å²) in [6, 6.07) is 33.4. The van der Waals surface area contributed by atoms with E-state index in [0.717, 1.165) is 28.0 Å². The van der Waals surface area contributed by atoms with Crippen LogP contribution in [0.2, 0.25) is 5.02 Å². The van der Waals surface area contributed by atoms with Gasteiger partial charge in [0.25, 0.3) is 0 Å². The molecule has 4 aromatic carbocycles. The molecule has 5 rings (SSSR count). The van der Waals surface area contributed by atoms with Crippen molar-refractivity contribution < 1.29 is 28.8 Å². The molecule has 6 nitrogen and oxygen atoms in total. The summed E-state index contributed by atoms with van der Waals surface area (Å²) in [7, 11) is 1.54. The summed E-state index contributed by atoms with van der Waals surface area (Å²) in [5.41, 5.74) is 3.27. The monoisotopic (exact) mass is 616 g/mol. The SMILES string of the molecule is CC.CO[C@]1(c2ccc(Cl)c(Cc3ccc(OCc4ccccc4)cc3)c2)CC(OCc2ccccc2)C[C@@](C=O)(CO)O1. The van der Waals surface area contributed by atoms with E-state index in [1.54, 1.807) is 0 Å². The molecule has 232 valence electrons. The van der Waals surface area contributed by atoms with Crippen LogP contribution in [0.25, 0.3) is 0 Å². The highest BCUT2D eigenvalue weighted by atomic mass is 35.5. The van der Waals surface area contributed by atoms with Gasteiger partial charge >= 0.3 is 0 Å². The van der Waals surface area contributed by atoms with Crippen LogP contribution in [0.5, 0.6) is 5.75 Å². The second-order valence-corrected chi connectivity index (χ2v) is 11.0. The van der Waals surface area contributed by atoms with Gasteiger partial charge in [0.2, 0.25) is 0 Å². The molecule has 1 fully saturated rings. The fraction of sp³-hybridized carbons (Fsp3) is 0.324. The molecular formula is C37H41ClO6. The highest BCUT2D eigenvalue weighted by molar-refractivity contribution is 6.31. The quantitative estimate of drug-likeness (QED) is 0.165. The van der Waals surface area contributed by atoms with Gasteiger partial charge < -0.3 is 28.8 Å². The molecule has 1 aliphatic heterocycles. The van der Waals surface area contributed by atoms with Gasteiger partial charge in [-0.3, -0.25) is 0 Å². The number of ether oxygens (including phenoxy) is 4. The van der Waals surface area contributed by atoms with Gasteiger partial charge in [0, 0.05) is 30.5 Å². The zero-order valence-corrected chi connectivity index (χ0v) is 26.3. The molecular weight excluding hydrogens is 576 g/mol. The molecule has 1 unspecified atom stereocenters. The molecule has 1 heterocycles. The third-order valence-electron chi connectivity index (χ3n) is 7.63. The molecule has 4 aromatic rings. The van der Waals surface area contributed by atoms with Crippen LogP contribution in [0.4, 0.5) is 0 Å². The predicted octanol–water partition coefficient (Wildman–Crippen LogP) is 7.66. The third-order valence-corrected chi connectivity index (χ3v) is 8.00. The highest BCUT2D eigenvalue weighted by Crippen LogP contribution is 2.44. The highest BCUT2D eigenvalue weighted by Gasteiger charge is 2.51. The maximum Gasteiger partial charge on any atom is 0.198 e. The van der Waals surface area contributed by atoms with Gasteiger partial charge in [0.1, 0.15) is 12.4 Å². The zero-order chi connectivity index (χ0) is 31.4. The van der Waals surface area contributed by atoms with Gasteiger partial charge in [0.15, 0.2) is 17.7 Å². The Kier molecular flexibility index (Phi) is 12.1. The summed E-state index contributed by atoms with van der Waals surface area (Å²) >= 11 is 6.65. The largest absolute Gasteiger partial charge is 0.489 e. The van der Waals surface area contributed by atoms with Crippen LogP contribution in [-0.4, -0.2) is 36.8 Å². The Morgan fingerprint density at radius 2 is 1.50 bits per heavy atom. The van der Waals surface area contributed by atoms with Crippen LogP contribution in [-0.2, 0) is 44.4 Å². The molecule has 0 bridgehead atoms. The Morgan fingerprint density at radius 1 is 0.864 bits per heavy atom. The Balaban J connectivity index is 0.00000216. The minimum Gasteiger partial charge on any atom is -0.489 e. The minimum absolute atomic E-state index is 0.212. The fourth-order valence-corrected chi connectivity index (χ4v) is 5.50. The van der Waals surface area contributed by atoms with Crippen molar-refractivity contribution in [3.05, 3.63) is 136 Å². The number of aldehydes is 1. The summed E-state index contributed by atoms with van der Waals surface area (Å²) in [4.78, 5) is 12.3. The van der Waals surface area contributed by atoms with E-state index in [1.165, 1.54) is 7.11 Å². The van der Waals surface area contributed by atoms with E-state index >= 15 is 0 Å². The summed E-state index contributed by atoms with van der Waals surface area (Å²) in [6.07, 6.45) is 1.36. The average molecular weight is 617 g/mol. The summed E-state index contributed by atoms with van der Waals surface area (Å²) < 4.78 is 24.5. The zero-order valence-electron chi connectivity index (χ0n) is 25.6. The van der Waals surface area contributed by atoms with Gasteiger partial charge in [-0.15, -0.1) is 0 Å². The number of carbonyl (C=O) groups excluding carboxylic acids is 1. The normalized spacial score (nSPS) is 21.2. The van der Waals surface area contributed by atoms with E-state index in [1.807, 2.05) is 117 Å². The number of benzene rings is 4. The molecule has 7 heteroatoms. The Bertz CT molecular complexity index is 1450. The first-order valence-corrected chi connectivity index (χ1v) is 15.4. The number of halogens is 1. The van der Waals surface area contributed by atoms with Crippen molar-refractivity contribution in [3.8, 4) is 5.75 Å². The average Bonchev–Trinajstić information content (AvgIpc) is 3.09. The molecule has 0 aromatic heterocycles. The molecule has 3 atom stereocenters. The van der Waals surface area contributed by atoms with Crippen molar-refractivity contribution in [3.63, 3.8) is 0 Å². The van der Waals surface area contributed by atoms with Crippen molar-refractivity contribution in [2.24, 2.45) is 0 Å². The summed E-state index contributed by atoms with van der Waals surface area (Å²) in [5.74, 6) is -0.537. The molecule has 1 saturated heterocycles. The van der Waals surface area contributed by atoms with Crippen molar-refractivity contribution >= 4 is 17.9 Å². The lowest BCUT2D eigenvalue weighted by molar-refractivity contribution is -0.325. The number of hydrogen-bond donors (Lipinski definition) is 1. The number of aliphatic hydroxyl groups excluding tert-OH is 1. The molecule has 0 spiro atoms. The maximum atomic E-state index is 12.3. The minimum atomic E-state index is -1.47. The lowest BCUT2D eigenvalue weighted by Gasteiger charge is -2.47. The standard InChI is InChI=1S/C35H35ClO6.C2H6/c1-39-35(21-32(20-34(24-37,25-38)42-35)41-23-28-10-6-3-7-11-28)30-14-17-33(36)29(19-30)18-26-12-15-31(16-13-26)40-22-27-8-4-2-5-9-27;1-2/h2-17,19,24,32,38H,18,20-23,25H2,1H3;1-2H3/t32?,34-,35-;/m1./s1. The smallest absolute Gasteiger partial charge is 0.198 e. The lowest BCUT2D eigenvalue weighted by atomic mass is 9.85. The van der Waals surface area contributed by atoms with Gasteiger partial charge in [-0.25, -0.2) is 0 Å². The molecule has 44 heavy (non-hydrogen) atoms. The van der Waals surface area contributed by atoms with E-state index in [9.17, 15) is 9.90 Å². The number of rotatable bonds is 12. The van der Waals surface area contributed by atoms with Gasteiger partial charge in [0.05, 0.1) is 19.3 Å². The Labute approximate surface area is 265 Å². The van der Waals surface area contributed by atoms with Crippen molar-refractivity contribution in [2.45, 2.75) is 63.8 Å². The number of carbonyl (C=O) groups is 1. The van der Waals surface area contributed by atoms with Crippen LogP contribution in [0.15, 0.2) is 103 Å². The predicted molar refractivity (Wildman–Crippen MR) is 173 cm³/mol. The van der Waals surface area contributed by atoms with Gasteiger partial charge in [-0.05, 0) is 52.9 Å². The number of aliphatic hydroxyl groups is 1. The maximum absolute atomic E-state index is 12.3. The second kappa shape index (κ2) is 16.0. The Morgan fingerprint density at radius 3 is 2.09 bits per heavy atom. The third kappa shape index (κ3) is 8.35. The molecule has 0 amide bonds. The van der Waals surface area contributed by atoms with Crippen LogP contribution >= 0.6 is 11.6 Å². The summed E-state index contributed by atoms with van der Waals surface area (Å²) in [5, 5.41) is 10.8. The van der Waals surface area contributed by atoms with E-state index in [4.69, 9.17) is 30.5 Å². The Hall–Kier alpha value is -3.52. The lowest BCUT2D eigenvalue weighted by Crippen LogP contribution is -2.56. The van der Waals surface area contributed by atoms with E-state index in [-0.39, 0.29) is 6.42 Å². The molecule has 1 N–H and O–H groups in total. The van der Waals surface area contributed by atoms with Crippen molar-refractivity contribution in [1.82, 2.24) is 0 Å². The summed E-state index contributed by atoms with van der Waals surface area (Å²) in [6.45, 7) is 4.37. The topological polar surface area (TPSA) is 74.2 Å². The van der Waals surface area contributed by atoms with Crippen LogP contribution < -0.4 is 4.74 Å².